The second kappa shape index (κ2) is 6.72. The van der Waals surface area contributed by atoms with Gasteiger partial charge in [0.25, 0.3) is 0 Å². The molecule has 1 aliphatic rings. The summed E-state index contributed by atoms with van der Waals surface area (Å²) < 4.78 is 45.8. The van der Waals surface area contributed by atoms with Crippen LogP contribution >= 0.6 is 0 Å². The van der Waals surface area contributed by atoms with E-state index in [1.807, 2.05) is 5.32 Å². The predicted molar refractivity (Wildman–Crippen MR) is 92.3 cm³/mol. The number of hydrogen-bond acceptors (Lipinski definition) is 6. The molecule has 0 saturated heterocycles. The maximum Gasteiger partial charge on any atom is 0.471 e. The Morgan fingerprint density at radius 3 is 2.79 bits per heavy atom. The number of halogens is 3. The van der Waals surface area contributed by atoms with Crippen molar-refractivity contribution in [1.29, 1.82) is 0 Å². The van der Waals surface area contributed by atoms with Crippen LogP contribution in [0.3, 0.4) is 0 Å². The third kappa shape index (κ3) is 3.22. The van der Waals surface area contributed by atoms with Gasteiger partial charge in [0.15, 0.2) is 11.5 Å². The van der Waals surface area contributed by atoms with E-state index in [0.29, 0.717) is 22.8 Å². The minimum absolute atomic E-state index is 0.0604. The number of hydrogen-bond donors (Lipinski definition) is 1. The van der Waals surface area contributed by atoms with Gasteiger partial charge in [-0.3, -0.25) is 9.36 Å². The molecule has 9 nitrogen and oxygen atoms in total. The van der Waals surface area contributed by atoms with Gasteiger partial charge in [0, 0.05) is 11.3 Å². The van der Waals surface area contributed by atoms with Crippen molar-refractivity contribution in [2.75, 3.05) is 11.9 Å². The van der Waals surface area contributed by atoms with Crippen LogP contribution in [0.2, 0.25) is 0 Å². The first-order valence-electron chi connectivity index (χ1n) is 8.43. The van der Waals surface area contributed by atoms with Crippen LogP contribution in [0.1, 0.15) is 23.1 Å². The highest BCUT2D eigenvalue weighted by molar-refractivity contribution is 5.96. The lowest BCUT2D eigenvalue weighted by Gasteiger charge is -2.12. The van der Waals surface area contributed by atoms with Crippen molar-refractivity contribution in [3.63, 3.8) is 0 Å². The van der Waals surface area contributed by atoms with Crippen molar-refractivity contribution in [2.45, 2.75) is 19.6 Å². The van der Waals surface area contributed by atoms with Crippen LogP contribution in [-0.4, -0.2) is 49.0 Å². The fourth-order valence-corrected chi connectivity index (χ4v) is 3.04. The monoisotopic (exact) mass is 406 g/mol. The Balaban J connectivity index is 1.83. The first kappa shape index (κ1) is 18.7. The van der Waals surface area contributed by atoms with Crippen LogP contribution < -0.4 is 5.32 Å². The smallest absolute Gasteiger partial charge is 0.461 e. The third-order valence-electron chi connectivity index (χ3n) is 4.26. The lowest BCUT2D eigenvalue weighted by molar-refractivity contribution is -0.167. The van der Waals surface area contributed by atoms with Gasteiger partial charge >= 0.3 is 18.1 Å². The summed E-state index contributed by atoms with van der Waals surface area (Å²) in [5.41, 5.74) is 1.46. The molecule has 0 spiro atoms. The van der Waals surface area contributed by atoms with E-state index >= 15 is 0 Å². The molecule has 3 aromatic rings. The van der Waals surface area contributed by atoms with Crippen molar-refractivity contribution < 1.29 is 27.5 Å². The standard InChI is InChI=1S/C17H13F3N6O3/c1-2-29-15(27)13-12-6-26-14(21-7-23-26)10-5-9(24-16(28)17(18,19)20)3-4-11(10)25(12)8-22-13/h3-5,7-8H,2,6H2,1H3,(H,24,28). The van der Waals surface area contributed by atoms with Gasteiger partial charge in [-0.2, -0.15) is 18.3 Å². The van der Waals surface area contributed by atoms with Gasteiger partial charge in [-0.1, -0.05) is 0 Å². The molecule has 0 atom stereocenters. The third-order valence-corrected chi connectivity index (χ3v) is 4.26. The van der Waals surface area contributed by atoms with Crippen molar-refractivity contribution in [1.82, 2.24) is 24.3 Å². The zero-order valence-corrected chi connectivity index (χ0v) is 14.9. The van der Waals surface area contributed by atoms with Gasteiger partial charge in [-0.05, 0) is 25.1 Å². The molecule has 0 unspecified atom stereocenters. The average Bonchev–Trinajstić information content (AvgIpc) is 3.26. The molecular formula is C17H13F3N6O3. The highest BCUT2D eigenvalue weighted by Gasteiger charge is 2.39. The zero-order chi connectivity index (χ0) is 20.8. The summed E-state index contributed by atoms with van der Waals surface area (Å²) in [5.74, 6) is -2.32. The van der Waals surface area contributed by atoms with Crippen LogP contribution in [0, 0.1) is 0 Å². The molecule has 2 aromatic heterocycles. The Bertz CT molecular complexity index is 1120. The number of carbonyl (C=O) groups is 2. The Labute approximate surface area is 161 Å². The summed E-state index contributed by atoms with van der Waals surface area (Å²) in [6.45, 7) is 2.00. The Hall–Kier alpha value is -3.70. The number of nitrogens with zero attached hydrogens (tertiary/aromatic N) is 5. The molecule has 1 amide bonds. The molecule has 0 saturated carbocycles. The fourth-order valence-electron chi connectivity index (χ4n) is 3.04. The van der Waals surface area contributed by atoms with E-state index in [1.165, 1.54) is 35.5 Å². The van der Waals surface area contributed by atoms with Gasteiger partial charge in [0.05, 0.1) is 24.5 Å². The SMILES string of the molecule is CCOC(=O)c1ncn2c1Cn1ncnc1-c1cc(NC(=O)C(F)(F)F)ccc1-2. The van der Waals surface area contributed by atoms with Crippen molar-refractivity contribution >= 4 is 17.6 Å². The second-order valence-corrected chi connectivity index (χ2v) is 6.06. The van der Waals surface area contributed by atoms with Gasteiger partial charge in [-0.15, -0.1) is 0 Å². The number of amides is 1. The largest absolute Gasteiger partial charge is 0.471 e. The second-order valence-electron chi connectivity index (χ2n) is 6.06. The molecule has 1 aliphatic heterocycles. The summed E-state index contributed by atoms with van der Waals surface area (Å²) in [6.07, 6.45) is -2.31. The summed E-state index contributed by atoms with van der Waals surface area (Å²) in [4.78, 5) is 31.8. The lowest BCUT2D eigenvalue weighted by atomic mass is 10.1. The summed E-state index contributed by atoms with van der Waals surface area (Å²) >= 11 is 0. The van der Waals surface area contributed by atoms with Crippen molar-refractivity contribution in [2.24, 2.45) is 0 Å². The number of imidazole rings is 1. The minimum atomic E-state index is -5.02. The molecule has 0 bridgehead atoms. The van der Waals surface area contributed by atoms with Crippen LogP contribution in [0.5, 0.6) is 0 Å². The molecule has 12 heteroatoms. The fraction of sp³-hybridized carbons (Fsp3) is 0.235. The number of aromatic nitrogens is 5. The Morgan fingerprint density at radius 2 is 2.07 bits per heavy atom. The molecule has 4 rings (SSSR count). The van der Waals surface area contributed by atoms with Crippen LogP contribution in [-0.2, 0) is 16.1 Å². The average molecular weight is 406 g/mol. The number of fused-ring (bicyclic) bond motifs is 5. The number of carbonyl (C=O) groups excluding carboxylic acids is 2. The van der Waals surface area contributed by atoms with E-state index < -0.39 is 18.1 Å². The predicted octanol–water partition coefficient (Wildman–Crippen LogP) is 2.17. The molecule has 1 aromatic carbocycles. The quantitative estimate of drug-likeness (QED) is 0.523. The molecule has 1 N–H and O–H groups in total. The topological polar surface area (TPSA) is 104 Å². The number of esters is 1. The van der Waals surface area contributed by atoms with E-state index in [0.717, 1.165) is 0 Å². The normalized spacial score (nSPS) is 12.4. The van der Waals surface area contributed by atoms with E-state index in [4.69, 9.17) is 4.74 Å². The van der Waals surface area contributed by atoms with Gasteiger partial charge in [0.2, 0.25) is 0 Å². The Kier molecular flexibility index (Phi) is 4.32. The van der Waals surface area contributed by atoms with E-state index in [-0.39, 0.29) is 24.5 Å². The highest BCUT2D eigenvalue weighted by atomic mass is 19.4. The van der Waals surface area contributed by atoms with Crippen molar-refractivity contribution in [3.8, 4) is 17.1 Å². The number of nitrogens with one attached hydrogen (secondary N) is 1. The zero-order valence-electron chi connectivity index (χ0n) is 14.9. The highest BCUT2D eigenvalue weighted by Crippen LogP contribution is 2.33. The molecule has 3 heterocycles. The number of alkyl halides is 3. The summed E-state index contributed by atoms with van der Waals surface area (Å²) in [6, 6.07) is 4.19. The van der Waals surface area contributed by atoms with Gasteiger partial charge in [-0.25, -0.2) is 19.4 Å². The lowest BCUT2D eigenvalue weighted by Crippen LogP contribution is -2.29. The molecular weight excluding hydrogens is 393 g/mol. The Morgan fingerprint density at radius 1 is 1.28 bits per heavy atom. The maximum absolute atomic E-state index is 12.6. The molecule has 29 heavy (non-hydrogen) atoms. The van der Waals surface area contributed by atoms with Crippen LogP contribution in [0.25, 0.3) is 17.1 Å². The van der Waals surface area contributed by atoms with Crippen LogP contribution in [0.4, 0.5) is 18.9 Å². The summed E-state index contributed by atoms with van der Waals surface area (Å²) in [7, 11) is 0. The molecule has 0 radical (unpaired) electrons. The molecule has 150 valence electrons. The molecule has 0 aliphatic carbocycles. The van der Waals surface area contributed by atoms with Gasteiger partial charge in [0.1, 0.15) is 12.7 Å². The number of anilines is 1. The van der Waals surface area contributed by atoms with E-state index in [1.54, 1.807) is 11.5 Å². The number of rotatable bonds is 3. The first-order valence-corrected chi connectivity index (χ1v) is 8.43. The van der Waals surface area contributed by atoms with E-state index in [2.05, 4.69) is 15.1 Å². The maximum atomic E-state index is 12.6. The first-order chi connectivity index (χ1) is 13.8. The van der Waals surface area contributed by atoms with E-state index in [9.17, 15) is 22.8 Å². The summed E-state index contributed by atoms with van der Waals surface area (Å²) in [5, 5.41) is 5.93. The molecule has 0 fully saturated rings. The minimum Gasteiger partial charge on any atom is -0.461 e. The van der Waals surface area contributed by atoms with Crippen molar-refractivity contribution in [3.05, 3.63) is 42.2 Å². The van der Waals surface area contributed by atoms with Crippen LogP contribution in [0.15, 0.2) is 30.9 Å². The van der Waals surface area contributed by atoms with Gasteiger partial charge < -0.3 is 10.1 Å². The number of benzene rings is 1. The number of ether oxygens (including phenoxy) is 1.